The molecule has 2 atom stereocenters. The van der Waals surface area contributed by atoms with Gasteiger partial charge in [-0.15, -0.1) is 0 Å². The average Bonchev–Trinajstić information content (AvgIpc) is 2.24. The number of fused-ring (bicyclic) bond motifs is 1. The van der Waals surface area contributed by atoms with Crippen molar-refractivity contribution in [3.63, 3.8) is 0 Å². The molecule has 84 valence electrons. The fourth-order valence-corrected chi connectivity index (χ4v) is 2.37. The van der Waals surface area contributed by atoms with Crippen LogP contribution in [0, 0.1) is 11.8 Å². The number of carboxylic acids is 1. The highest BCUT2D eigenvalue weighted by Gasteiger charge is 2.33. The minimum Gasteiger partial charge on any atom is -0.481 e. The molecule has 0 heterocycles. The maximum atomic E-state index is 12.1. The summed E-state index contributed by atoms with van der Waals surface area (Å²) in [4.78, 5) is 22.8. The van der Waals surface area contributed by atoms with Crippen molar-refractivity contribution in [2.24, 2.45) is 11.8 Å². The number of hydrogen-bond acceptors (Lipinski definition) is 2. The Morgan fingerprint density at radius 2 is 2.12 bits per heavy atom. The van der Waals surface area contributed by atoms with Crippen LogP contribution in [-0.4, -0.2) is 16.9 Å². The van der Waals surface area contributed by atoms with E-state index < -0.39 is 5.97 Å². The topological polar surface area (TPSA) is 54.4 Å². The minimum absolute atomic E-state index is 0.0169. The maximum Gasteiger partial charge on any atom is 0.304 e. The number of hydrogen-bond donors (Lipinski definition) is 1. The molecule has 0 spiro atoms. The van der Waals surface area contributed by atoms with Crippen LogP contribution in [0.5, 0.6) is 0 Å². The van der Waals surface area contributed by atoms with Crippen LogP contribution in [-0.2, 0) is 11.2 Å². The molecule has 1 aromatic carbocycles. The maximum absolute atomic E-state index is 12.1. The van der Waals surface area contributed by atoms with Crippen molar-refractivity contribution in [1.82, 2.24) is 0 Å². The molecule has 16 heavy (non-hydrogen) atoms. The molecule has 1 aliphatic carbocycles. The normalized spacial score (nSPS) is 23.9. The Labute approximate surface area is 94.1 Å². The first-order valence-electron chi connectivity index (χ1n) is 5.43. The number of Topliss-reactive ketones (excluding diaryl/α,β-unsaturated/α-hetero) is 1. The van der Waals surface area contributed by atoms with Gasteiger partial charge in [-0.05, 0) is 17.9 Å². The number of benzene rings is 1. The largest absolute Gasteiger partial charge is 0.481 e. The van der Waals surface area contributed by atoms with Crippen molar-refractivity contribution in [2.75, 3.05) is 0 Å². The molecular weight excluding hydrogens is 204 g/mol. The van der Waals surface area contributed by atoms with Crippen LogP contribution in [0.1, 0.15) is 29.3 Å². The lowest BCUT2D eigenvalue weighted by Gasteiger charge is -2.28. The number of ketones is 1. The summed E-state index contributed by atoms with van der Waals surface area (Å²) in [7, 11) is 0. The Balaban J connectivity index is 2.34. The van der Waals surface area contributed by atoms with E-state index in [4.69, 9.17) is 5.11 Å². The number of aliphatic carboxylic acids is 1. The fourth-order valence-electron chi connectivity index (χ4n) is 2.37. The lowest BCUT2D eigenvalue weighted by molar-refractivity contribution is -0.138. The second-order valence-corrected chi connectivity index (χ2v) is 4.41. The van der Waals surface area contributed by atoms with Gasteiger partial charge in [-0.25, -0.2) is 0 Å². The van der Waals surface area contributed by atoms with Gasteiger partial charge >= 0.3 is 5.97 Å². The van der Waals surface area contributed by atoms with Crippen LogP contribution in [0.3, 0.4) is 0 Å². The van der Waals surface area contributed by atoms with Gasteiger partial charge in [0.15, 0.2) is 5.78 Å². The van der Waals surface area contributed by atoms with E-state index in [1.165, 1.54) is 0 Å². The summed E-state index contributed by atoms with van der Waals surface area (Å²) in [6.45, 7) is 1.95. The quantitative estimate of drug-likeness (QED) is 0.827. The second-order valence-electron chi connectivity index (χ2n) is 4.41. The SMILES string of the molecule is CC1Cc2ccccc2C(=O)C1CC(=O)O. The summed E-state index contributed by atoms with van der Waals surface area (Å²) in [6.07, 6.45) is 0.730. The molecule has 1 aliphatic rings. The summed E-state index contributed by atoms with van der Waals surface area (Å²) in [6, 6.07) is 7.47. The van der Waals surface area contributed by atoms with Crippen LogP contribution in [0.25, 0.3) is 0 Å². The van der Waals surface area contributed by atoms with Gasteiger partial charge in [-0.1, -0.05) is 31.2 Å². The van der Waals surface area contributed by atoms with Crippen molar-refractivity contribution < 1.29 is 14.7 Å². The summed E-state index contributed by atoms with van der Waals surface area (Å²) in [5.41, 5.74) is 1.74. The highest BCUT2D eigenvalue weighted by atomic mass is 16.4. The Morgan fingerprint density at radius 1 is 1.44 bits per heavy atom. The van der Waals surface area contributed by atoms with Gasteiger partial charge in [-0.3, -0.25) is 9.59 Å². The van der Waals surface area contributed by atoms with E-state index >= 15 is 0 Å². The van der Waals surface area contributed by atoms with E-state index in [0.717, 1.165) is 12.0 Å². The van der Waals surface area contributed by atoms with Crippen LogP contribution < -0.4 is 0 Å². The Kier molecular flexibility index (Phi) is 2.77. The van der Waals surface area contributed by atoms with Crippen LogP contribution >= 0.6 is 0 Å². The predicted molar refractivity (Wildman–Crippen MR) is 59.4 cm³/mol. The van der Waals surface area contributed by atoms with E-state index in [-0.39, 0.29) is 24.0 Å². The first kappa shape index (κ1) is 10.9. The molecule has 0 aliphatic heterocycles. The summed E-state index contributed by atoms with van der Waals surface area (Å²) >= 11 is 0. The number of carbonyl (C=O) groups excluding carboxylic acids is 1. The third kappa shape index (κ3) is 1.85. The number of carbonyl (C=O) groups is 2. The summed E-state index contributed by atoms with van der Waals surface area (Å²) in [5, 5.41) is 8.80. The monoisotopic (exact) mass is 218 g/mol. The van der Waals surface area contributed by atoms with Gasteiger partial charge in [0.05, 0.1) is 6.42 Å². The zero-order chi connectivity index (χ0) is 11.7. The van der Waals surface area contributed by atoms with E-state index in [1.807, 2.05) is 25.1 Å². The molecule has 0 amide bonds. The van der Waals surface area contributed by atoms with E-state index in [9.17, 15) is 9.59 Å². The molecule has 0 saturated heterocycles. The number of rotatable bonds is 2. The predicted octanol–water partition coefficient (Wildman–Crippen LogP) is 2.15. The van der Waals surface area contributed by atoms with E-state index in [2.05, 4.69) is 0 Å². The molecule has 0 radical (unpaired) electrons. The standard InChI is InChI=1S/C13H14O3/c1-8-6-9-4-2-3-5-10(9)13(16)11(8)7-12(14)15/h2-5,8,11H,6-7H2,1H3,(H,14,15). The third-order valence-electron chi connectivity index (χ3n) is 3.24. The van der Waals surface area contributed by atoms with Gasteiger partial charge in [0.25, 0.3) is 0 Å². The Bertz CT molecular complexity index is 437. The molecular formula is C13H14O3. The van der Waals surface area contributed by atoms with E-state index in [0.29, 0.717) is 5.56 Å². The molecule has 3 heteroatoms. The van der Waals surface area contributed by atoms with Crippen LogP contribution in [0.4, 0.5) is 0 Å². The first-order chi connectivity index (χ1) is 7.59. The number of carboxylic acid groups (broad SMARTS) is 1. The van der Waals surface area contributed by atoms with Crippen molar-refractivity contribution in [1.29, 1.82) is 0 Å². The third-order valence-corrected chi connectivity index (χ3v) is 3.24. The van der Waals surface area contributed by atoms with E-state index in [1.54, 1.807) is 6.07 Å². The molecule has 2 rings (SSSR count). The first-order valence-corrected chi connectivity index (χ1v) is 5.43. The lowest BCUT2D eigenvalue weighted by Crippen LogP contribution is -2.31. The highest BCUT2D eigenvalue weighted by molar-refractivity contribution is 6.01. The van der Waals surface area contributed by atoms with Crippen LogP contribution in [0.2, 0.25) is 0 Å². The van der Waals surface area contributed by atoms with Crippen molar-refractivity contribution >= 4 is 11.8 Å². The molecule has 3 nitrogen and oxygen atoms in total. The second kappa shape index (κ2) is 4.08. The zero-order valence-corrected chi connectivity index (χ0v) is 9.14. The van der Waals surface area contributed by atoms with Crippen molar-refractivity contribution in [3.05, 3.63) is 35.4 Å². The molecule has 0 fully saturated rings. The van der Waals surface area contributed by atoms with Gasteiger partial charge < -0.3 is 5.11 Å². The molecule has 0 saturated carbocycles. The Hall–Kier alpha value is -1.64. The van der Waals surface area contributed by atoms with Gasteiger partial charge in [0, 0.05) is 11.5 Å². The van der Waals surface area contributed by atoms with Crippen molar-refractivity contribution in [3.8, 4) is 0 Å². The van der Waals surface area contributed by atoms with Gasteiger partial charge in [0.1, 0.15) is 0 Å². The van der Waals surface area contributed by atoms with Gasteiger partial charge in [0.2, 0.25) is 0 Å². The van der Waals surface area contributed by atoms with Crippen molar-refractivity contribution in [2.45, 2.75) is 19.8 Å². The summed E-state index contributed by atoms with van der Waals surface area (Å²) in [5.74, 6) is -1.17. The molecule has 0 bridgehead atoms. The van der Waals surface area contributed by atoms with Crippen LogP contribution in [0.15, 0.2) is 24.3 Å². The smallest absolute Gasteiger partial charge is 0.304 e. The summed E-state index contributed by atoms with van der Waals surface area (Å²) < 4.78 is 0. The molecule has 0 aromatic heterocycles. The lowest BCUT2D eigenvalue weighted by atomic mass is 9.74. The average molecular weight is 218 g/mol. The fraction of sp³-hybridized carbons (Fsp3) is 0.385. The zero-order valence-electron chi connectivity index (χ0n) is 9.14. The highest BCUT2D eigenvalue weighted by Crippen LogP contribution is 2.31. The minimum atomic E-state index is -0.899. The molecule has 1 aromatic rings. The molecule has 1 N–H and O–H groups in total. The molecule has 2 unspecified atom stereocenters. The van der Waals surface area contributed by atoms with Gasteiger partial charge in [-0.2, -0.15) is 0 Å². The Morgan fingerprint density at radius 3 is 2.81 bits per heavy atom.